The third-order valence-corrected chi connectivity index (χ3v) is 5.03. The first-order chi connectivity index (χ1) is 8.74. The first-order valence-corrected chi connectivity index (χ1v) is 7.89. The van der Waals surface area contributed by atoms with Crippen molar-refractivity contribution in [2.24, 2.45) is 0 Å². The van der Waals surface area contributed by atoms with Crippen molar-refractivity contribution in [1.82, 2.24) is 10.3 Å². The van der Waals surface area contributed by atoms with Gasteiger partial charge in [0.25, 0.3) is 0 Å². The van der Waals surface area contributed by atoms with E-state index in [2.05, 4.69) is 32.3 Å². The van der Waals surface area contributed by atoms with Crippen LogP contribution in [0.1, 0.15) is 29.5 Å². The normalized spacial score (nSPS) is 16.8. The molecule has 2 nitrogen and oxygen atoms in total. The summed E-state index contributed by atoms with van der Waals surface area (Å²) in [5.74, 6) is 0. The summed E-state index contributed by atoms with van der Waals surface area (Å²) in [6.07, 6.45) is 4.36. The van der Waals surface area contributed by atoms with E-state index in [4.69, 9.17) is 11.6 Å². The van der Waals surface area contributed by atoms with Crippen LogP contribution >= 0.6 is 38.9 Å². The Balaban J connectivity index is 1.93. The van der Waals surface area contributed by atoms with Gasteiger partial charge in [-0.15, -0.1) is 11.3 Å². The molecule has 94 valence electrons. The molecule has 1 saturated carbocycles. The molecule has 1 heterocycles. The van der Waals surface area contributed by atoms with E-state index < -0.39 is 0 Å². The number of rotatable bonds is 4. The second-order valence-corrected chi connectivity index (χ2v) is 6.61. The largest absolute Gasteiger partial charge is 0.301 e. The fourth-order valence-electron chi connectivity index (χ4n) is 1.86. The Hall–Kier alpha value is -0.420. The maximum atomic E-state index is 6.18. The maximum Gasteiger partial charge on any atom is 0.114 e. The highest BCUT2D eigenvalue weighted by atomic mass is 79.9. The summed E-state index contributed by atoms with van der Waals surface area (Å²) in [5, 5.41) is 7.48. The fourth-order valence-corrected chi connectivity index (χ4v) is 3.02. The molecule has 1 aromatic carbocycles. The molecule has 1 aromatic heterocycles. The van der Waals surface area contributed by atoms with Crippen molar-refractivity contribution in [3.8, 4) is 0 Å². The van der Waals surface area contributed by atoms with Crippen LogP contribution in [0.3, 0.4) is 0 Å². The summed E-state index contributed by atoms with van der Waals surface area (Å²) in [5.41, 5.74) is 1.17. The van der Waals surface area contributed by atoms with Gasteiger partial charge in [0.1, 0.15) is 5.01 Å². The number of aromatic nitrogens is 1. The van der Waals surface area contributed by atoms with Crippen LogP contribution in [0, 0.1) is 0 Å². The summed E-state index contributed by atoms with van der Waals surface area (Å²) < 4.78 is 0.928. The predicted molar refractivity (Wildman–Crippen MR) is 79.3 cm³/mol. The highest BCUT2D eigenvalue weighted by Crippen LogP contribution is 2.32. The molecule has 0 saturated heterocycles. The van der Waals surface area contributed by atoms with Gasteiger partial charge in [-0.2, -0.15) is 0 Å². The summed E-state index contributed by atoms with van der Waals surface area (Å²) in [6, 6.07) is 6.88. The Kier molecular flexibility index (Phi) is 3.71. The number of hydrogen-bond acceptors (Lipinski definition) is 3. The molecule has 0 radical (unpaired) electrons. The molecule has 2 aromatic rings. The SMILES string of the molecule is Clc1cc(C(NC2CC2)c2nccs2)ccc1Br. The molecule has 1 fully saturated rings. The lowest BCUT2D eigenvalue weighted by Crippen LogP contribution is -2.24. The van der Waals surface area contributed by atoms with Gasteiger partial charge in [0.05, 0.1) is 11.1 Å². The summed E-state index contributed by atoms with van der Waals surface area (Å²) in [4.78, 5) is 4.43. The highest BCUT2D eigenvalue weighted by molar-refractivity contribution is 9.10. The Morgan fingerprint density at radius 1 is 1.44 bits per heavy atom. The third-order valence-electron chi connectivity index (χ3n) is 2.96. The van der Waals surface area contributed by atoms with E-state index in [0.717, 1.165) is 14.5 Å². The lowest BCUT2D eigenvalue weighted by atomic mass is 10.1. The average molecular weight is 344 g/mol. The topological polar surface area (TPSA) is 24.9 Å². The average Bonchev–Trinajstić information content (AvgIpc) is 3.02. The quantitative estimate of drug-likeness (QED) is 0.890. The van der Waals surface area contributed by atoms with Gasteiger partial charge in [0.2, 0.25) is 0 Å². The van der Waals surface area contributed by atoms with Gasteiger partial charge >= 0.3 is 0 Å². The minimum atomic E-state index is 0.156. The molecule has 1 unspecified atom stereocenters. The lowest BCUT2D eigenvalue weighted by molar-refractivity contribution is 0.598. The molecule has 1 N–H and O–H groups in total. The van der Waals surface area contributed by atoms with E-state index in [1.807, 2.05) is 23.7 Å². The van der Waals surface area contributed by atoms with E-state index in [1.165, 1.54) is 18.4 Å². The van der Waals surface area contributed by atoms with Crippen LogP contribution in [0.15, 0.2) is 34.2 Å². The van der Waals surface area contributed by atoms with Gasteiger partial charge in [-0.1, -0.05) is 17.7 Å². The van der Waals surface area contributed by atoms with Gasteiger partial charge in [0, 0.05) is 22.1 Å². The molecule has 0 aliphatic heterocycles. The lowest BCUT2D eigenvalue weighted by Gasteiger charge is -2.17. The van der Waals surface area contributed by atoms with Crippen molar-refractivity contribution in [2.75, 3.05) is 0 Å². The Bertz CT molecular complexity index is 540. The van der Waals surface area contributed by atoms with Gasteiger partial charge in [0.15, 0.2) is 0 Å². The molecule has 1 aliphatic carbocycles. The monoisotopic (exact) mass is 342 g/mol. The molecular weight excluding hydrogens is 332 g/mol. The standard InChI is InChI=1S/C13H12BrClN2S/c14-10-4-1-8(7-11(10)15)12(17-9-2-3-9)13-16-5-6-18-13/h1,4-7,9,12,17H,2-3H2. The zero-order valence-electron chi connectivity index (χ0n) is 9.57. The second-order valence-electron chi connectivity index (χ2n) is 4.42. The molecule has 0 spiro atoms. The van der Waals surface area contributed by atoms with Crippen molar-refractivity contribution in [1.29, 1.82) is 0 Å². The Morgan fingerprint density at radius 2 is 2.28 bits per heavy atom. The number of nitrogens with zero attached hydrogens (tertiary/aromatic N) is 1. The first-order valence-electron chi connectivity index (χ1n) is 5.84. The van der Waals surface area contributed by atoms with E-state index in [1.54, 1.807) is 11.3 Å². The summed E-state index contributed by atoms with van der Waals surface area (Å²) in [7, 11) is 0. The van der Waals surface area contributed by atoms with E-state index in [0.29, 0.717) is 6.04 Å². The molecule has 0 amide bonds. The van der Waals surface area contributed by atoms with Crippen molar-refractivity contribution in [3.05, 3.63) is 49.8 Å². The van der Waals surface area contributed by atoms with Crippen LogP contribution in [-0.4, -0.2) is 11.0 Å². The molecule has 5 heteroatoms. The highest BCUT2D eigenvalue weighted by Gasteiger charge is 2.27. The van der Waals surface area contributed by atoms with Crippen LogP contribution in [0.4, 0.5) is 0 Å². The van der Waals surface area contributed by atoms with E-state index in [-0.39, 0.29) is 6.04 Å². The van der Waals surface area contributed by atoms with Crippen molar-refractivity contribution in [3.63, 3.8) is 0 Å². The number of benzene rings is 1. The molecule has 0 bridgehead atoms. The van der Waals surface area contributed by atoms with Crippen molar-refractivity contribution >= 4 is 38.9 Å². The minimum absolute atomic E-state index is 0.156. The Labute approximate surface area is 124 Å². The maximum absolute atomic E-state index is 6.18. The van der Waals surface area contributed by atoms with E-state index in [9.17, 15) is 0 Å². The molecule has 1 atom stereocenters. The fraction of sp³-hybridized carbons (Fsp3) is 0.308. The smallest absolute Gasteiger partial charge is 0.114 e. The number of hydrogen-bond donors (Lipinski definition) is 1. The Morgan fingerprint density at radius 3 is 2.89 bits per heavy atom. The van der Waals surface area contributed by atoms with Gasteiger partial charge < -0.3 is 5.32 Å². The minimum Gasteiger partial charge on any atom is -0.301 e. The molecular formula is C13H12BrClN2S. The van der Waals surface area contributed by atoms with Gasteiger partial charge in [-0.3, -0.25) is 0 Å². The predicted octanol–water partition coefficient (Wildman–Crippen LogP) is 4.40. The zero-order chi connectivity index (χ0) is 12.5. The number of halogens is 2. The van der Waals surface area contributed by atoms with E-state index >= 15 is 0 Å². The van der Waals surface area contributed by atoms with Crippen LogP contribution in [0.25, 0.3) is 0 Å². The van der Waals surface area contributed by atoms with Crippen LogP contribution in [0.5, 0.6) is 0 Å². The third kappa shape index (κ3) is 2.77. The van der Waals surface area contributed by atoms with Crippen LogP contribution < -0.4 is 5.32 Å². The van der Waals surface area contributed by atoms with Gasteiger partial charge in [-0.05, 0) is 46.5 Å². The van der Waals surface area contributed by atoms with Crippen LogP contribution in [-0.2, 0) is 0 Å². The van der Waals surface area contributed by atoms with Crippen molar-refractivity contribution < 1.29 is 0 Å². The summed E-state index contributed by atoms with van der Waals surface area (Å²) in [6.45, 7) is 0. The molecule has 3 rings (SSSR count). The number of thiazole rings is 1. The molecule has 1 aliphatic rings. The van der Waals surface area contributed by atoms with Crippen LogP contribution in [0.2, 0.25) is 5.02 Å². The number of nitrogens with one attached hydrogen (secondary N) is 1. The molecule has 18 heavy (non-hydrogen) atoms. The summed E-state index contributed by atoms with van der Waals surface area (Å²) >= 11 is 11.3. The van der Waals surface area contributed by atoms with Crippen molar-refractivity contribution in [2.45, 2.75) is 24.9 Å². The van der Waals surface area contributed by atoms with Gasteiger partial charge in [-0.25, -0.2) is 4.98 Å². The zero-order valence-corrected chi connectivity index (χ0v) is 12.7. The second kappa shape index (κ2) is 5.29. The first kappa shape index (κ1) is 12.6.